The fourth-order valence-corrected chi connectivity index (χ4v) is 1.37. The van der Waals surface area contributed by atoms with Crippen LogP contribution < -0.4 is 4.90 Å². The van der Waals surface area contributed by atoms with Gasteiger partial charge in [0.05, 0.1) is 18.2 Å². The van der Waals surface area contributed by atoms with E-state index in [0.717, 1.165) is 6.54 Å². The van der Waals surface area contributed by atoms with Gasteiger partial charge in [0.15, 0.2) is 0 Å². The Bertz CT molecular complexity index is 413. The number of benzene rings is 1. The van der Waals surface area contributed by atoms with Crippen LogP contribution in [0.4, 0.5) is 4.39 Å². The van der Waals surface area contributed by atoms with Gasteiger partial charge in [-0.1, -0.05) is 6.07 Å². The zero-order valence-corrected chi connectivity index (χ0v) is 11.4. The van der Waals surface area contributed by atoms with Crippen LogP contribution in [0.5, 0.6) is 0 Å². The molecule has 1 N–H and O–H groups in total. The van der Waals surface area contributed by atoms with Crippen LogP contribution in [0.2, 0.25) is 0 Å². The monoisotopic (exact) mass is 254 g/mol. The predicted octanol–water partition coefficient (Wildman–Crippen LogP) is 1.30. The van der Waals surface area contributed by atoms with Crippen LogP contribution in [-0.2, 0) is 4.74 Å². The molecule has 0 saturated heterocycles. The molecule has 0 aliphatic heterocycles. The first-order valence-corrected chi connectivity index (χ1v) is 6.06. The summed E-state index contributed by atoms with van der Waals surface area (Å²) in [5.41, 5.74) is 0.369. The predicted molar refractivity (Wildman–Crippen MR) is 68.2 cm³/mol. The molecule has 1 rings (SSSR count). The smallest absolute Gasteiger partial charge is 0.338 e. The fraction of sp³-hybridized carbons (Fsp3) is 0.500. The molecule has 100 valence electrons. The van der Waals surface area contributed by atoms with Crippen molar-refractivity contribution < 1.29 is 18.8 Å². The quantitative estimate of drug-likeness (QED) is 0.821. The fourth-order valence-electron chi connectivity index (χ4n) is 1.37. The lowest BCUT2D eigenvalue weighted by Crippen LogP contribution is -3.16. The molecule has 18 heavy (non-hydrogen) atoms. The molecule has 3 nitrogen and oxygen atoms in total. The summed E-state index contributed by atoms with van der Waals surface area (Å²) in [6.07, 6.45) is 0. The van der Waals surface area contributed by atoms with Crippen molar-refractivity contribution in [1.29, 1.82) is 0 Å². The van der Waals surface area contributed by atoms with Crippen molar-refractivity contribution in [2.75, 3.05) is 20.2 Å². The number of halogens is 1. The van der Waals surface area contributed by atoms with Crippen LogP contribution in [0.25, 0.3) is 0 Å². The average Bonchev–Trinajstić information content (AvgIpc) is 2.27. The van der Waals surface area contributed by atoms with Crippen molar-refractivity contribution in [3.05, 3.63) is 35.6 Å². The molecule has 0 radical (unpaired) electrons. The van der Waals surface area contributed by atoms with E-state index in [1.807, 2.05) is 0 Å². The van der Waals surface area contributed by atoms with Crippen molar-refractivity contribution in [3.8, 4) is 0 Å². The highest BCUT2D eigenvalue weighted by Crippen LogP contribution is 2.04. The van der Waals surface area contributed by atoms with Gasteiger partial charge in [0.25, 0.3) is 0 Å². The van der Waals surface area contributed by atoms with Crippen LogP contribution >= 0.6 is 0 Å². The number of likely N-dealkylation sites (N-methyl/N-ethyl adjacent to an activating group) is 1. The normalized spacial score (nSPS) is 13.2. The second-order valence-electron chi connectivity index (χ2n) is 5.43. The lowest BCUT2D eigenvalue weighted by atomic mass is 10.1. The average molecular weight is 254 g/mol. The SMILES string of the molecule is C[NH+](CCOC(=O)c1cccc(F)c1)C(C)(C)C. The first-order valence-electron chi connectivity index (χ1n) is 6.06. The summed E-state index contributed by atoms with van der Waals surface area (Å²) in [7, 11) is 2.05. The molecule has 0 aliphatic rings. The molecular formula is C14H21FNO2+. The molecule has 0 bridgehead atoms. The maximum atomic E-state index is 12.9. The van der Waals surface area contributed by atoms with Crippen molar-refractivity contribution in [3.63, 3.8) is 0 Å². The van der Waals surface area contributed by atoms with Crippen molar-refractivity contribution in [2.24, 2.45) is 0 Å². The van der Waals surface area contributed by atoms with Crippen LogP contribution in [-0.4, -0.2) is 31.7 Å². The maximum absolute atomic E-state index is 12.9. The van der Waals surface area contributed by atoms with E-state index in [9.17, 15) is 9.18 Å². The number of quaternary nitrogens is 1. The Labute approximate surface area is 108 Å². The highest BCUT2D eigenvalue weighted by atomic mass is 19.1. The van der Waals surface area contributed by atoms with Gasteiger partial charge in [-0.2, -0.15) is 0 Å². The first kappa shape index (κ1) is 14.6. The molecule has 0 heterocycles. The van der Waals surface area contributed by atoms with Crippen LogP contribution in [0.1, 0.15) is 31.1 Å². The molecule has 0 saturated carbocycles. The largest absolute Gasteiger partial charge is 0.456 e. The number of hydrogen-bond donors (Lipinski definition) is 1. The summed E-state index contributed by atoms with van der Waals surface area (Å²) in [5.74, 6) is -0.905. The van der Waals surface area contributed by atoms with E-state index in [0.29, 0.717) is 6.61 Å². The van der Waals surface area contributed by atoms with Gasteiger partial charge in [-0.25, -0.2) is 9.18 Å². The van der Waals surface area contributed by atoms with Gasteiger partial charge in [-0.15, -0.1) is 0 Å². The van der Waals surface area contributed by atoms with E-state index in [2.05, 4.69) is 27.8 Å². The minimum absolute atomic E-state index is 0.116. The van der Waals surface area contributed by atoms with Gasteiger partial charge in [0.2, 0.25) is 0 Å². The molecule has 1 unspecified atom stereocenters. The lowest BCUT2D eigenvalue weighted by molar-refractivity contribution is -0.927. The minimum Gasteiger partial charge on any atom is -0.456 e. The Kier molecular flexibility index (Phi) is 4.84. The third-order valence-corrected chi connectivity index (χ3v) is 3.05. The van der Waals surface area contributed by atoms with E-state index in [1.54, 1.807) is 6.07 Å². The number of esters is 1. The van der Waals surface area contributed by atoms with Crippen molar-refractivity contribution >= 4 is 5.97 Å². The molecular weight excluding hydrogens is 233 g/mol. The Hall–Kier alpha value is -1.42. The van der Waals surface area contributed by atoms with Gasteiger partial charge in [-0.05, 0) is 39.0 Å². The standard InChI is InChI=1S/C14H20FNO2/c1-14(2,3)16(4)8-9-18-13(17)11-6-5-7-12(15)10-11/h5-7,10H,8-9H2,1-4H3/p+1. The van der Waals surface area contributed by atoms with Gasteiger partial charge >= 0.3 is 5.97 Å². The van der Waals surface area contributed by atoms with Gasteiger partial charge in [0, 0.05) is 0 Å². The zero-order chi connectivity index (χ0) is 13.8. The minimum atomic E-state index is -0.476. The number of hydrogen-bond acceptors (Lipinski definition) is 2. The third kappa shape index (κ3) is 4.45. The van der Waals surface area contributed by atoms with E-state index < -0.39 is 11.8 Å². The van der Waals surface area contributed by atoms with Gasteiger partial charge in [0.1, 0.15) is 19.0 Å². The first-order chi connectivity index (χ1) is 8.30. The topological polar surface area (TPSA) is 30.7 Å². The van der Waals surface area contributed by atoms with Crippen LogP contribution in [0, 0.1) is 5.82 Å². The van der Waals surface area contributed by atoms with E-state index in [4.69, 9.17) is 4.74 Å². The number of rotatable bonds is 4. The zero-order valence-electron chi connectivity index (χ0n) is 11.4. The Balaban J connectivity index is 2.43. The third-order valence-electron chi connectivity index (χ3n) is 3.05. The molecule has 0 fully saturated rings. The van der Waals surface area contributed by atoms with Crippen LogP contribution in [0.15, 0.2) is 24.3 Å². The number of carbonyl (C=O) groups is 1. The van der Waals surface area contributed by atoms with Crippen molar-refractivity contribution in [1.82, 2.24) is 0 Å². The molecule has 0 aromatic heterocycles. The highest BCUT2D eigenvalue weighted by Gasteiger charge is 2.21. The Morgan fingerprint density at radius 2 is 2.06 bits per heavy atom. The lowest BCUT2D eigenvalue weighted by Gasteiger charge is -2.28. The van der Waals surface area contributed by atoms with E-state index in [-0.39, 0.29) is 11.1 Å². The van der Waals surface area contributed by atoms with Gasteiger partial charge < -0.3 is 9.64 Å². The molecule has 0 amide bonds. The summed E-state index contributed by atoms with van der Waals surface area (Å²) in [5, 5.41) is 0. The summed E-state index contributed by atoms with van der Waals surface area (Å²) in [6, 6.07) is 5.53. The van der Waals surface area contributed by atoms with E-state index >= 15 is 0 Å². The molecule has 1 aromatic rings. The number of nitrogens with one attached hydrogen (secondary N) is 1. The molecule has 0 aliphatic carbocycles. The maximum Gasteiger partial charge on any atom is 0.338 e. The number of carbonyl (C=O) groups excluding carboxylic acids is 1. The Morgan fingerprint density at radius 3 is 2.61 bits per heavy atom. The number of ether oxygens (including phenoxy) is 1. The van der Waals surface area contributed by atoms with Crippen molar-refractivity contribution in [2.45, 2.75) is 26.3 Å². The summed E-state index contributed by atoms with van der Waals surface area (Å²) < 4.78 is 18.0. The Morgan fingerprint density at radius 1 is 1.39 bits per heavy atom. The summed E-state index contributed by atoms with van der Waals surface area (Å²) >= 11 is 0. The second kappa shape index (κ2) is 5.96. The second-order valence-corrected chi connectivity index (χ2v) is 5.43. The van der Waals surface area contributed by atoms with Gasteiger partial charge in [-0.3, -0.25) is 0 Å². The van der Waals surface area contributed by atoms with E-state index in [1.165, 1.54) is 23.1 Å². The highest BCUT2D eigenvalue weighted by molar-refractivity contribution is 5.89. The molecule has 0 spiro atoms. The molecule has 4 heteroatoms. The van der Waals surface area contributed by atoms with Crippen LogP contribution in [0.3, 0.4) is 0 Å². The molecule has 1 atom stereocenters. The summed E-state index contributed by atoms with van der Waals surface area (Å²) in [6.45, 7) is 7.42. The molecule has 1 aromatic carbocycles. The summed E-state index contributed by atoms with van der Waals surface area (Å²) in [4.78, 5) is 12.9.